The smallest absolute Gasteiger partial charge is 0.233 e. The summed E-state index contributed by atoms with van der Waals surface area (Å²) in [5.74, 6) is 0.723. The Hall–Kier alpha value is -2.20. The third-order valence-corrected chi connectivity index (χ3v) is 3.60. The fourth-order valence-electron chi connectivity index (χ4n) is 2.27. The molecule has 0 atom stereocenters. The van der Waals surface area contributed by atoms with Crippen molar-refractivity contribution in [2.45, 2.75) is 20.3 Å². The SMILES string of the molecule is Cc1ccc(-c2cnc3nc(CCN)cn3c2)cc1C. The number of nitrogens with two attached hydrogens (primary N) is 1. The van der Waals surface area contributed by atoms with Crippen LogP contribution in [0.3, 0.4) is 0 Å². The van der Waals surface area contributed by atoms with Crippen LogP contribution in [0.25, 0.3) is 16.9 Å². The van der Waals surface area contributed by atoms with E-state index in [1.165, 1.54) is 16.7 Å². The van der Waals surface area contributed by atoms with Crippen molar-refractivity contribution in [3.05, 3.63) is 53.6 Å². The molecule has 0 bridgehead atoms. The molecule has 2 heterocycles. The Balaban J connectivity index is 2.05. The van der Waals surface area contributed by atoms with Gasteiger partial charge in [-0.25, -0.2) is 9.97 Å². The zero-order valence-corrected chi connectivity index (χ0v) is 11.8. The predicted molar refractivity (Wildman–Crippen MR) is 80.7 cm³/mol. The van der Waals surface area contributed by atoms with Crippen molar-refractivity contribution in [2.24, 2.45) is 5.73 Å². The second kappa shape index (κ2) is 5.06. The molecule has 4 heteroatoms. The normalized spacial score (nSPS) is 11.2. The summed E-state index contributed by atoms with van der Waals surface area (Å²) in [5.41, 5.74) is 11.4. The van der Waals surface area contributed by atoms with Crippen LogP contribution in [-0.2, 0) is 6.42 Å². The molecule has 0 unspecified atom stereocenters. The van der Waals surface area contributed by atoms with Gasteiger partial charge in [0, 0.05) is 30.6 Å². The summed E-state index contributed by atoms with van der Waals surface area (Å²) in [7, 11) is 0. The molecule has 0 fully saturated rings. The molecule has 0 saturated heterocycles. The molecule has 0 aliphatic rings. The molecule has 3 aromatic rings. The van der Waals surface area contributed by atoms with E-state index in [-0.39, 0.29) is 0 Å². The summed E-state index contributed by atoms with van der Waals surface area (Å²) >= 11 is 0. The molecule has 0 spiro atoms. The Bertz CT molecular complexity index is 758. The Kier molecular flexibility index (Phi) is 3.24. The first-order valence-corrected chi connectivity index (χ1v) is 6.78. The Morgan fingerprint density at radius 1 is 1.10 bits per heavy atom. The van der Waals surface area contributed by atoms with Crippen molar-refractivity contribution >= 4 is 5.78 Å². The first-order chi connectivity index (χ1) is 9.67. The van der Waals surface area contributed by atoms with Gasteiger partial charge in [-0.1, -0.05) is 18.2 Å². The van der Waals surface area contributed by atoms with E-state index in [9.17, 15) is 0 Å². The largest absolute Gasteiger partial charge is 0.330 e. The van der Waals surface area contributed by atoms with Crippen LogP contribution in [0.4, 0.5) is 0 Å². The highest BCUT2D eigenvalue weighted by Crippen LogP contribution is 2.21. The van der Waals surface area contributed by atoms with Crippen LogP contribution in [0, 0.1) is 13.8 Å². The summed E-state index contributed by atoms with van der Waals surface area (Å²) < 4.78 is 1.97. The van der Waals surface area contributed by atoms with Gasteiger partial charge in [-0.2, -0.15) is 0 Å². The topological polar surface area (TPSA) is 56.2 Å². The Morgan fingerprint density at radius 2 is 1.95 bits per heavy atom. The van der Waals surface area contributed by atoms with Gasteiger partial charge in [0.2, 0.25) is 5.78 Å². The average molecular weight is 266 g/mol. The van der Waals surface area contributed by atoms with Crippen LogP contribution in [0.2, 0.25) is 0 Å². The molecule has 0 amide bonds. The van der Waals surface area contributed by atoms with E-state index in [1.54, 1.807) is 0 Å². The lowest BCUT2D eigenvalue weighted by Gasteiger charge is -2.05. The summed E-state index contributed by atoms with van der Waals surface area (Å²) in [4.78, 5) is 8.86. The number of imidazole rings is 1. The Labute approximate surface area is 118 Å². The molecule has 0 aliphatic heterocycles. The van der Waals surface area contributed by atoms with E-state index in [4.69, 9.17) is 5.73 Å². The zero-order chi connectivity index (χ0) is 14.1. The number of hydrogen-bond acceptors (Lipinski definition) is 3. The number of benzene rings is 1. The van der Waals surface area contributed by atoms with Gasteiger partial charge < -0.3 is 5.73 Å². The minimum absolute atomic E-state index is 0.605. The lowest BCUT2D eigenvalue weighted by atomic mass is 10.0. The highest BCUT2D eigenvalue weighted by Gasteiger charge is 2.05. The van der Waals surface area contributed by atoms with E-state index < -0.39 is 0 Å². The second-order valence-electron chi connectivity index (χ2n) is 5.12. The molecule has 20 heavy (non-hydrogen) atoms. The maximum Gasteiger partial charge on any atom is 0.233 e. The molecule has 102 valence electrons. The molecule has 2 N–H and O–H groups in total. The third kappa shape index (κ3) is 2.30. The zero-order valence-electron chi connectivity index (χ0n) is 11.8. The van der Waals surface area contributed by atoms with Gasteiger partial charge in [0.1, 0.15) is 0 Å². The molecule has 0 saturated carbocycles. The Morgan fingerprint density at radius 3 is 2.70 bits per heavy atom. The highest BCUT2D eigenvalue weighted by atomic mass is 15.1. The van der Waals surface area contributed by atoms with Crippen LogP contribution < -0.4 is 5.73 Å². The van der Waals surface area contributed by atoms with E-state index in [0.29, 0.717) is 6.54 Å². The van der Waals surface area contributed by atoms with Gasteiger partial charge in [0.15, 0.2) is 0 Å². The lowest BCUT2D eigenvalue weighted by Crippen LogP contribution is -2.02. The van der Waals surface area contributed by atoms with Gasteiger partial charge >= 0.3 is 0 Å². The number of hydrogen-bond donors (Lipinski definition) is 1. The molecule has 0 aliphatic carbocycles. The molecular weight excluding hydrogens is 248 g/mol. The van der Waals surface area contributed by atoms with E-state index in [1.807, 2.05) is 16.8 Å². The molecule has 3 rings (SSSR count). The second-order valence-corrected chi connectivity index (χ2v) is 5.12. The van der Waals surface area contributed by atoms with Crippen LogP contribution >= 0.6 is 0 Å². The number of aryl methyl sites for hydroxylation is 2. The molecular formula is C16H18N4. The molecule has 1 aromatic carbocycles. The highest BCUT2D eigenvalue weighted by molar-refractivity contribution is 5.64. The summed E-state index contributed by atoms with van der Waals surface area (Å²) in [6.07, 6.45) is 6.72. The molecule has 4 nitrogen and oxygen atoms in total. The maximum absolute atomic E-state index is 5.56. The first kappa shape index (κ1) is 12.8. The number of rotatable bonds is 3. The number of fused-ring (bicyclic) bond motifs is 1. The van der Waals surface area contributed by atoms with Gasteiger partial charge in [-0.05, 0) is 37.1 Å². The lowest BCUT2D eigenvalue weighted by molar-refractivity contribution is 0.936. The van der Waals surface area contributed by atoms with Crippen LogP contribution in [0.15, 0.2) is 36.8 Å². The standard InChI is InChI=1S/C16H18N4/c1-11-3-4-13(7-12(11)2)14-8-18-16-19-15(5-6-17)10-20(16)9-14/h3-4,7-10H,5-6,17H2,1-2H3. The van der Waals surface area contributed by atoms with Crippen molar-refractivity contribution in [1.29, 1.82) is 0 Å². The minimum atomic E-state index is 0.605. The van der Waals surface area contributed by atoms with Crippen molar-refractivity contribution < 1.29 is 0 Å². The van der Waals surface area contributed by atoms with Crippen LogP contribution in [0.1, 0.15) is 16.8 Å². The number of aromatic nitrogens is 3. The monoisotopic (exact) mass is 266 g/mol. The van der Waals surface area contributed by atoms with Crippen molar-refractivity contribution in [1.82, 2.24) is 14.4 Å². The van der Waals surface area contributed by atoms with Gasteiger partial charge in [-0.15, -0.1) is 0 Å². The van der Waals surface area contributed by atoms with Crippen molar-refractivity contribution in [3.8, 4) is 11.1 Å². The summed E-state index contributed by atoms with van der Waals surface area (Å²) in [6, 6.07) is 6.46. The van der Waals surface area contributed by atoms with Crippen LogP contribution in [-0.4, -0.2) is 20.9 Å². The fourth-order valence-corrected chi connectivity index (χ4v) is 2.27. The molecule has 2 aromatic heterocycles. The van der Waals surface area contributed by atoms with E-state index >= 15 is 0 Å². The van der Waals surface area contributed by atoms with Gasteiger partial charge in [0.25, 0.3) is 0 Å². The first-order valence-electron chi connectivity index (χ1n) is 6.78. The number of nitrogens with zero attached hydrogens (tertiary/aromatic N) is 3. The van der Waals surface area contributed by atoms with Gasteiger partial charge in [-0.3, -0.25) is 4.40 Å². The summed E-state index contributed by atoms with van der Waals surface area (Å²) in [5, 5.41) is 0. The third-order valence-electron chi connectivity index (χ3n) is 3.60. The quantitative estimate of drug-likeness (QED) is 0.792. The van der Waals surface area contributed by atoms with Crippen molar-refractivity contribution in [2.75, 3.05) is 6.54 Å². The average Bonchev–Trinajstić information content (AvgIpc) is 2.83. The minimum Gasteiger partial charge on any atom is -0.330 e. The maximum atomic E-state index is 5.56. The van der Waals surface area contributed by atoms with Crippen LogP contribution in [0.5, 0.6) is 0 Å². The predicted octanol–water partition coefficient (Wildman–Crippen LogP) is 2.51. The van der Waals surface area contributed by atoms with E-state index in [0.717, 1.165) is 23.5 Å². The fraction of sp³-hybridized carbons (Fsp3) is 0.250. The van der Waals surface area contributed by atoms with Gasteiger partial charge in [0.05, 0.1) is 5.69 Å². The van der Waals surface area contributed by atoms with E-state index in [2.05, 4.69) is 48.2 Å². The molecule has 0 radical (unpaired) electrons. The van der Waals surface area contributed by atoms with Crippen molar-refractivity contribution in [3.63, 3.8) is 0 Å². The summed E-state index contributed by atoms with van der Waals surface area (Å²) in [6.45, 7) is 4.85.